The maximum Gasteiger partial charge on any atom is 0.338 e. The van der Waals surface area contributed by atoms with Gasteiger partial charge in [-0.05, 0) is 67.8 Å². The SMILES string of the molecule is CCOC(=O)c1cccc(N(C(=O)Cn2nnc3ccccc32)[C@@H](C(=O)NC2CCCCC2)c2ccc(OC)c(OC)c2)c1. The fourth-order valence-corrected chi connectivity index (χ4v) is 5.64. The summed E-state index contributed by atoms with van der Waals surface area (Å²) >= 11 is 0. The largest absolute Gasteiger partial charge is 0.493 e. The average Bonchev–Trinajstić information content (AvgIpc) is 3.46. The number of ether oxygens (including phenoxy) is 3. The zero-order chi connectivity index (χ0) is 31.1. The smallest absolute Gasteiger partial charge is 0.338 e. The lowest BCUT2D eigenvalue weighted by molar-refractivity contribution is -0.127. The molecule has 1 aromatic heterocycles. The van der Waals surface area contributed by atoms with E-state index in [0.29, 0.717) is 33.8 Å². The van der Waals surface area contributed by atoms with Gasteiger partial charge in [-0.2, -0.15) is 0 Å². The number of hydrogen-bond acceptors (Lipinski definition) is 8. The highest BCUT2D eigenvalue weighted by Gasteiger charge is 2.35. The molecule has 1 aliphatic carbocycles. The van der Waals surface area contributed by atoms with Crippen molar-refractivity contribution in [1.29, 1.82) is 0 Å². The Balaban J connectivity index is 1.63. The highest BCUT2D eigenvalue weighted by atomic mass is 16.5. The van der Waals surface area contributed by atoms with Crippen LogP contribution in [0.5, 0.6) is 11.5 Å². The van der Waals surface area contributed by atoms with Crippen molar-refractivity contribution in [1.82, 2.24) is 20.3 Å². The molecular weight excluding hydrogens is 562 g/mol. The van der Waals surface area contributed by atoms with Crippen LogP contribution >= 0.6 is 0 Å². The van der Waals surface area contributed by atoms with Crippen molar-refractivity contribution in [2.45, 2.75) is 57.7 Å². The Bertz CT molecular complexity index is 1630. The third-order valence-corrected chi connectivity index (χ3v) is 7.79. The van der Waals surface area contributed by atoms with Gasteiger partial charge in [-0.3, -0.25) is 14.5 Å². The minimum Gasteiger partial charge on any atom is -0.493 e. The summed E-state index contributed by atoms with van der Waals surface area (Å²) in [6.07, 6.45) is 4.90. The van der Waals surface area contributed by atoms with E-state index in [1.54, 1.807) is 49.4 Å². The zero-order valence-corrected chi connectivity index (χ0v) is 25.2. The molecule has 1 heterocycles. The van der Waals surface area contributed by atoms with Crippen LogP contribution in [0.1, 0.15) is 61.0 Å². The monoisotopic (exact) mass is 599 g/mol. The van der Waals surface area contributed by atoms with Crippen LogP contribution in [0.4, 0.5) is 5.69 Å². The quantitative estimate of drug-likeness (QED) is 0.243. The standard InChI is InChI=1S/C33H37N5O6/c1-4-44-33(41)23-11-10-14-25(19-23)38(30(39)21-37-27-16-9-8-15-26(27)35-36-37)31(32(40)34-24-12-6-5-7-13-24)22-17-18-28(42-2)29(20-22)43-3/h8-11,14-20,24,31H,4-7,12-13,21H2,1-3H3,(H,34,40)/t31-/m1/s1. The molecule has 1 atom stereocenters. The Morgan fingerprint density at radius 1 is 0.955 bits per heavy atom. The Morgan fingerprint density at radius 3 is 2.48 bits per heavy atom. The minimum absolute atomic E-state index is 0.0130. The summed E-state index contributed by atoms with van der Waals surface area (Å²) in [6, 6.07) is 17.9. The molecule has 5 rings (SSSR count). The highest BCUT2D eigenvalue weighted by Crippen LogP contribution is 2.35. The van der Waals surface area contributed by atoms with Crippen LogP contribution in [-0.4, -0.2) is 59.6 Å². The average molecular weight is 600 g/mol. The van der Waals surface area contributed by atoms with Crippen molar-refractivity contribution < 1.29 is 28.6 Å². The zero-order valence-electron chi connectivity index (χ0n) is 25.2. The number of anilines is 1. The van der Waals surface area contributed by atoms with Crippen LogP contribution in [0.15, 0.2) is 66.7 Å². The first-order valence-electron chi connectivity index (χ1n) is 14.8. The minimum atomic E-state index is -1.11. The number of nitrogens with zero attached hydrogens (tertiary/aromatic N) is 4. The van der Waals surface area contributed by atoms with E-state index in [9.17, 15) is 14.4 Å². The van der Waals surface area contributed by atoms with E-state index in [4.69, 9.17) is 14.2 Å². The van der Waals surface area contributed by atoms with E-state index in [-0.39, 0.29) is 30.7 Å². The summed E-state index contributed by atoms with van der Waals surface area (Å²) in [5.74, 6) is -0.407. The van der Waals surface area contributed by atoms with Gasteiger partial charge in [0.1, 0.15) is 18.1 Å². The number of carbonyl (C=O) groups excluding carboxylic acids is 3. The molecule has 0 saturated heterocycles. The first kappa shape index (κ1) is 30.5. The number of fused-ring (bicyclic) bond motifs is 1. The van der Waals surface area contributed by atoms with Crippen LogP contribution in [0.25, 0.3) is 11.0 Å². The van der Waals surface area contributed by atoms with Crippen molar-refractivity contribution in [3.63, 3.8) is 0 Å². The molecule has 1 N–H and O–H groups in total. The third kappa shape index (κ3) is 6.66. The molecule has 1 saturated carbocycles. The number of methoxy groups -OCH3 is 2. The van der Waals surface area contributed by atoms with Gasteiger partial charge in [-0.25, -0.2) is 9.48 Å². The van der Waals surface area contributed by atoms with Crippen LogP contribution in [-0.2, 0) is 20.9 Å². The van der Waals surface area contributed by atoms with Gasteiger partial charge in [0.15, 0.2) is 11.5 Å². The van der Waals surface area contributed by atoms with E-state index in [1.807, 2.05) is 24.3 Å². The van der Waals surface area contributed by atoms with Crippen LogP contribution in [0.3, 0.4) is 0 Å². The second-order valence-corrected chi connectivity index (χ2v) is 10.6. The Morgan fingerprint density at radius 2 is 1.73 bits per heavy atom. The summed E-state index contributed by atoms with van der Waals surface area (Å²) < 4.78 is 17.8. The predicted octanol–water partition coefficient (Wildman–Crippen LogP) is 4.85. The molecule has 0 unspecified atom stereocenters. The van der Waals surface area contributed by atoms with Crippen molar-refractivity contribution >= 4 is 34.5 Å². The number of aromatic nitrogens is 3. The molecule has 2 amide bonds. The summed E-state index contributed by atoms with van der Waals surface area (Å²) in [4.78, 5) is 42.9. The summed E-state index contributed by atoms with van der Waals surface area (Å²) in [5, 5.41) is 11.6. The van der Waals surface area contributed by atoms with Crippen molar-refractivity contribution in [2.24, 2.45) is 0 Å². The lowest BCUT2D eigenvalue weighted by Crippen LogP contribution is -2.48. The molecule has 11 nitrogen and oxygen atoms in total. The third-order valence-electron chi connectivity index (χ3n) is 7.79. The van der Waals surface area contributed by atoms with Gasteiger partial charge in [-0.1, -0.05) is 48.7 Å². The maximum absolute atomic E-state index is 14.4. The molecule has 230 valence electrons. The van der Waals surface area contributed by atoms with Crippen molar-refractivity contribution in [2.75, 3.05) is 25.7 Å². The lowest BCUT2D eigenvalue weighted by atomic mass is 9.94. The second-order valence-electron chi connectivity index (χ2n) is 10.6. The number of nitrogens with one attached hydrogen (secondary N) is 1. The van der Waals surface area contributed by atoms with E-state index in [1.165, 1.54) is 23.8 Å². The first-order chi connectivity index (χ1) is 21.4. The summed E-state index contributed by atoms with van der Waals surface area (Å²) in [7, 11) is 3.05. The van der Waals surface area contributed by atoms with Crippen LogP contribution in [0, 0.1) is 0 Å². The molecular formula is C33H37N5O6. The number of amides is 2. The van der Waals surface area contributed by atoms with Gasteiger partial charge >= 0.3 is 5.97 Å². The molecule has 0 spiro atoms. The molecule has 1 fully saturated rings. The van der Waals surface area contributed by atoms with Gasteiger partial charge in [0.05, 0.1) is 31.9 Å². The first-order valence-corrected chi connectivity index (χ1v) is 14.8. The van der Waals surface area contributed by atoms with Gasteiger partial charge in [0.2, 0.25) is 11.8 Å². The van der Waals surface area contributed by atoms with Gasteiger partial charge < -0.3 is 19.5 Å². The maximum atomic E-state index is 14.4. The highest BCUT2D eigenvalue weighted by molar-refractivity contribution is 6.02. The molecule has 0 bridgehead atoms. The molecule has 4 aromatic rings. The van der Waals surface area contributed by atoms with E-state index in [0.717, 1.165) is 32.1 Å². The molecule has 0 radical (unpaired) electrons. The lowest BCUT2D eigenvalue weighted by Gasteiger charge is -2.34. The van der Waals surface area contributed by atoms with E-state index < -0.39 is 17.9 Å². The van der Waals surface area contributed by atoms with Crippen LogP contribution < -0.4 is 19.7 Å². The number of benzene rings is 3. The number of esters is 1. The number of rotatable bonds is 11. The molecule has 11 heteroatoms. The predicted molar refractivity (Wildman–Crippen MR) is 165 cm³/mol. The topological polar surface area (TPSA) is 125 Å². The van der Waals surface area contributed by atoms with Gasteiger partial charge in [0, 0.05) is 11.7 Å². The summed E-state index contributed by atoms with van der Waals surface area (Å²) in [5.41, 5.74) is 2.43. The Labute approximate surface area is 256 Å². The molecule has 3 aromatic carbocycles. The Kier molecular flexibility index (Phi) is 9.73. The fourth-order valence-electron chi connectivity index (χ4n) is 5.64. The molecule has 1 aliphatic rings. The molecule has 0 aliphatic heterocycles. The normalized spacial score (nSPS) is 14.1. The summed E-state index contributed by atoms with van der Waals surface area (Å²) in [6.45, 7) is 1.72. The fraction of sp³-hybridized carbons (Fsp3) is 0.364. The molecule has 44 heavy (non-hydrogen) atoms. The number of hydrogen-bond donors (Lipinski definition) is 1. The van der Waals surface area contributed by atoms with Gasteiger partial charge in [-0.15, -0.1) is 5.10 Å². The van der Waals surface area contributed by atoms with E-state index >= 15 is 0 Å². The number of carbonyl (C=O) groups is 3. The second kappa shape index (κ2) is 14.0. The Hall–Kier alpha value is -4.93. The van der Waals surface area contributed by atoms with Crippen molar-refractivity contribution in [3.8, 4) is 11.5 Å². The van der Waals surface area contributed by atoms with Gasteiger partial charge in [0.25, 0.3) is 0 Å². The van der Waals surface area contributed by atoms with Crippen LogP contribution in [0.2, 0.25) is 0 Å². The van der Waals surface area contributed by atoms with E-state index in [2.05, 4.69) is 15.6 Å². The van der Waals surface area contributed by atoms with Crippen molar-refractivity contribution in [3.05, 3.63) is 77.9 Å². The number of para-hydroxylation sites is 1.